The number of halogens is 4. The van der Waals surface area contributed by atoms with E-state index in [1.807, 2.05) is 30.3 Å². The van der Waals surface area contributed by atoms with Gasteiger partial charge in [-0.25, -0.2) is 0 Å². The maximum Gasteiger partial charge on any atom is 0.417 e. The van der Waals surface area contributed by atoms with Gasteiger partial charge in [-0.3, -0.25) is 9.36 Å². The fraction of sp³-hybridized carbons (Fsp3) is 0.167. The molecule has 0 radical (unpaired) electrons. The van der Waals surface area contributed by atoms with Crippen molar-refractivity contribution in [3.8, 4) is 5.69 Å². The van der Waals surface area contributed by atoms with Crippen LogP contribution >= 0.6 is 23.4 Å². The molecule has 0 aliphatic heterocycles. The monoisotopic (exact) mass is 426 g/mol. The lowest BCUT2D eigenvalue weighted by molar-refractivity contribution is -0.137. The molecule has 1 aromatic heterocycles. The van der Waals surface area contributed by atoms with E-state index in [1.54, 1.807) is 11.5 Å². The Bertz CT molecular complexity index is 978. The molecule has 3 rings (SSSR count). The van der Waals surface area contributed by atoms with Gasteiger partial charge in [-0.05, 0) is 37.3 Å². The first-order chi connectivity index (χ1) is 13.3. The molecule has 0 fully saturated rings. The average Bonchev–Trinajstić information content (AvgIpc) is 3.11. The quantitative estimate of drug-likeness (QED) is 0.579. The van der Waals surface area contributed by atoms with Gasteiger partial charge < -0.3 is 5.32 Å². The fourth-order valence-electron chi connectivity index (χ4n) is 2.35. The van der Waals surface area contributed by atoms with E-state index in [9.17, 15) is 18.0 Å². The highest BCUT2D eigenvalue weighted by molar-refractivity contribution is 8.00. The molecule has 3 aromatic rings. The van der Waals surface area contributed by atoms with Crippen LogP contribution in [-0.2, 0) is 11.0 Å². The number of aromatic nitrogens is 3. The summed E-state index contributed by atoms with van der Waals surface area (Å²) in [7, 11) is 0. The van der Waals surface area contributed by atoms with Crippen molar-refractivity contribution < 1.29 is 18.0 Å². The number of carbonyl (C=O) groups excluding carboxylic acids is 1. The zero-order valence-electron chi connectivity index (χ0n) is 14.4. The predicted octanol–water partition coefficient (Wildman–Crippen LogP) is 5.06. The molecule has 28 heavy (non-hydrogen) atoms. The number of nitrogens with one attached hydrogen (secondary N) is 1. The van der Waals surface area contributed by atoms with Crippen LogP contribution < -0.4 is 5.32 Å². The number of para-hydroxylation sites is 1. The molecule has 0 spiro atoms. The second-order valence-corrected chi connectivity index (χ2v) is 7.48. The van der Waals surface area contributed by atoms with E-state index < -0.39 is 27.9 Å². The van der Waals surface area contributed by atoms with Crippen LogP contribution in [0.5, 0.6) is 0 Å². The smallest absolute Gasteiger partial charge is 0.325 e. The van der Waals surface area contributed by atoms with Gasteiger partial charge in [0.15, 0.2) is 5.16 Å². The molecule has 1 amide bonds. The summed E-state index contributed by atoms with van der Waals surface area (Å²) < 4.78 is 40.6. The highest BCUT2D eigenvalue weighted by atomic mass is 35.5. The zero-order valence-corrected chi connectivity index (χ0v) is 16.0. The first kappa shape index (κ1) is 20.2. The summed E-state index contributed by atoms with van der Waals surface area (Å²) in [5.41, 5.74) is -0.162. The Balaban J connectivity index is 1.72. The van der Waals surface area contributed by atoms with Gasteiger partial charge >= 0.3 is 6.18 Å². The van der Waals surface area contributed by atoms with E-state index in [2.05, 4.69) is 15.5 Å². The second-order valence-electron chi connectivity index (χ2n) is 5.76. The predicted molar refractivity (Wildman–Crippen MR) is 102 cm³/mol. The number of nitrogens with zero attached hydrogens (tertiary/aromatic N) is 3. The number of benzene rings is 2. The van der Waals surface area contributed by atoms with Gasteiger partial charge in [0, 0.05) is 11.4 Å². The van der Waals surface area contributed by atoms with Crippen molar-refractivity contribution in [1.82, 2.24) is 14.8 Å². The van der Waals surface area contributed by atoms with Crippen molar-refractivity contribution in [1.29, 1.82) is 0 Å². The minimum atomic E-state index is -4.61. The number of anilines is 1. The Morgan fingerprint density at radius 1 is 1.21 bits per heavy atom. The Labute approximate surface area is 167 Å². The molecule has 0 aliphatic carbocycles. The van der Waals surface area contributed by atoms with Gasteiger partial charge in [-0.2, -0.15) is 13.2 Å². The molecule has 1 atom stereocenters. The van der Waals surface area contributed by atoms with Crippen molar-refractivity contribution in [2.75, 3.05) is 5.32 Å². The van der Waals surface area contributed by atoms with E-state index in [0.717, 1.165) is 29.6 Å². The fourth-order valence-corrected chi connectivity index (χ4v) is 3.41. The van der Waals surface area contributed by atoms with Gasteiger partial charge in [0.1, 0.15) is 6.33 Å². The van der Waals surface area contributed by atoms with Crippen molar-refractivity contribution >= 4 is 35.0 Å². The Morgan fingerprint density at radius 2 is 1.93 bits per heavy atom. The van der Waals surface area contributed by atoms with E-state index in [1.165, 1.54) is 12.4 Å². The lowest BCUT2D eigenvalue weighted by atomic mass is 10.2. The third-order valence-electron chi connectivity index (χ3n) is 3.74. The highest BCUT2D eigenvalue weighted by Crippen LogP contribution is 2.36. The molecular formula is C18H14ClF3N4OS. The molecule has 10 heteroatoms. The molecule has 0 aliphatic rings. The Kier molecular flexibility index (Phi) is 5.95. The first-order valence-corrected chi connectivity index (χ1v) is 9.31. The van der Waals surface area contributed by atoms with E-state index in [4.69, 9.17) is 11.6 Å². The van der Waals surface area contributed by atoms with Gasteiger partial charge in [-0.1, -0.05) is 41.6 Å². The standard InChI is InChI=1S/C18H14ClF3N4OS/c1-11(28-17-25-23-10-26(17)13-5-3-2-4-6-13)16(27)24-12-7-8-15(19)14(9-12)18(20,21)22/h2-11H,1H3,(H,24,27)/t11-/m0/s1. The number of amides is 1. The number of carbonyl (C=O) groups is 1. The Hall–Kier alpha value is -2.52. The molecule has 1 N–H and O–H groups in total. The molecule has 0 bridgehead atoms. The van der Waals surface area contributed by atoms with Crippen LogP contribution in [0, 0.1) is 0 Å². The lowest BCUT2D eigenvalue weighted by Crippen LogP contribution is -2.23. The molecule has 1 heterocycles. The highest BCUT2D eigenvalue weighted by Gasteiger charge is 2.33. The molecular weight excluding hydrogens is 413 g/mol. The molecule has 146 valence electrons. The van der Waals surface area contributed by atoms with E-state index >= 15 is 0 Å². The van der Waals surface area contributed by atoms with Gasteiger partial charge in [-0.15, -0.1) is 10.2 Å². The first-order valence-electron chi connectivity index (χ1n) is 8.05. The summed E-state index contributed by atoms with van der Waals surface area (Å²) in [5, 5.41) is 9.78. The second kappa shape index (κ2) is 8.24. The van der Waals surface area contributed by atoms with Crippen molar-refractivity contribution in [3.63, 3.8) is 0 Å². The van der Waals surface area contributed by atoms with Crippen molar-refractivity contribution in [3.05, 3.63) is 65.4 Å². The van der Waals surface area contributed by atoms with E-state index in [0.29, 0.717) is 5.16 Å². The number of hydrogen-bond acceptors (Lipinski definition) is 4. The normalized spacial score (nSPS) is 12.6. The molecule has 5 nitrogen and oxygen atoms in total. The van der Waals surface area contributed by atoms with Crippen LogP contribution in [-0.4, -0.2) is 25.9 Å². The number of hydrogen-bond donors (Lipinski definition) is 1. The number of alkyl halides is 3. The summed E-state index contributed by atoms with van der Waals surface area (Å²) in [6.07, 6.45) is -3.08. The van der Waals surface area contributed by atoms with Crippen LogP contribution in [0.1, 0.15) is 12.5 Å². The largest absolute Gasteiger partial charge is 0.417 e. The zero-order chi connectivity index (χ0) is 20.3. The third-order valence-corrected chi connectivity index (χ3v) is 5.13. The maximum absolute atomic E-state index is 13.0. The molecule has 2 aromatic carbocycles. The van der Waals surface area contributed by atoms with Crippen LogP contribution in [0.2, 0.25) is 5.02 Å². The van der Waals surface area contributed by atoms with Crippen molar-refractivity contribution in [2.24, 2.45) is 0 Å². The lowest BCUT2D eigenvalue weighted by Gasteiger charge is -2.14. The molecule has 0 unspecified atom stereocenters. The van der Waals surface area contributed by atoms with Gasteiger partial charge in [0.25, 0.3) is 0 Å². The van der Waals surface area contributed by atoms with Crippen LogP contribution in [0.15, 0.2) is 60.0 Å². The number of thioether (sulfide) groups is 1. The minimum Gasteiger partial charge on any atom is -0.325 e. The molecule has 0 saturated heterocycles. The minimum absolute atomic E-state index is 0.0127. The topological polar surface area (TPSA) is 59.8 Å². The van der Waals surface area contributed by atoms with Crippen LogP contribution in [0.3, 0.4) is 0 Å². The summed E-state index contributed by atoms with van der Waals surface area (Å²) in [6, 6.07) is 12.6. The summed E-state index contributed by atoms with van der Waals surface area (Å²) in [4.78, 5) is 12.4. The maximum atomic E-state index is 13.0. The van der Waals surface area contributed by atoms with E-state index in [-0.39, 0.29) is 5.69 Å². The summed E-state index contributed by atoms with van der Waals surface area (Å²) in [5.74, 6) is -0.469. The van der Waals surface area contributed by atoms with Crippen LogP contribution in [0.4, 0.5) is 18.9 Å². The van der Waals surface area contributed by atoms with Crippen molar-refractivity contribution in [2.45, 2.75) is 23.5 Å². The summed E-state index contributed by atoms with van der Waals surface area (Å²) >= 11 is 6.74. The number of rotatable bonds is 5. The average molecular weight is 427 g/mol. The summed E-state index contributed by atoms with van der Waals surface area (Å²) in [6.45, 7) is 1.63. The van der Waals surface area contributed by atoms with Gasteiger partial charge in [0.05, 0.1) is 15.8 Å². The van der Waals surface area contributed by atoms with Gasteiger partial charge in [0.2, 0.25) is 5.91 Å². The SMILES string of the molecule is C[C@H](Sc1nncn1-c1ccccc1)C(=O)Nc1ccc(Cl)c(C(F)(F)F)c1. The Morgan fingerprint density at radius 3 is 2.61 bits per heavy atom. The third kappa shape index (κ3) is 4.66. The van der Waals surface area contributed by atoms with Crippen LogP contribution in [0.25, 0.3) is 5.69 Å². The molecule has 0 saturated carbocycles.